The summed E-state index contributed by atoms with van der Waals surface area (Å²) >= 11 is 0. The maximum absolute atomic E-state index is 9.73. The van der Waals surface area contributed by atoms with Gasteiger partial charge in [-0.1, -0.05) is 0 Å². The van der Waals surface area contributed by atoms with Crippen LogP contribution in [0.5, 0.6) is 0 Å². The molecule has 1 fully saturated rings. The van der Waals surface area contributed by atoms with Gasteiger partial charge in [-0.3, -0.25) is 4.68 Å². The van der Waals surface area contributed by atoms with Gasteiger partial charge in [-0.2, -0.15) is 5.10 Å². The number of aromatic nitrogens is 2. The molecule has 0 bridgehead atoms. The molecule has 84 valence electrons. The van der Waals surface area contributed by atoms with Gasteiger partial charge in [0, 0.05) is 12.2 Å². The third kappa shape index (κ3) is 2.81. The molecular formula is C12H20N2O. The monoisotopic (exact) mass is 208 g/mol. The van der Waals surface area contributed by atoms with Crippen molar-refractivity contribution in [1.82, 2.24) is 9.78 Å². The van der Waals surface area contributed by atoms with Gasteiger partial charge in [-0.25, -0.2) is 0 Å². The highest BCUT2D eigenvalue weighted by atomic mass is 16.3. The molecule has 3 heteroatoms. The molecule has 1 saturated carbocycles. The average molecular weight is 208 g/mol. The maximum atomic E-state index is 9.73. The fraction of sp³-hybridized carbons (Fsp3) is 0.750. The Hall–Kier alpha value is -0.830. The lowest BCUT2D eigenvalue weighted by molar-refractivity contribution is 0.141. The molecule has 1 aromatic heterocycles. The largest absolute Gasteiger partial charge is 0.393 e. The standard InChI is InChI=1S/C12H20N2O/c1-9(2)14-8-7-11(13-14)5-6-12(15)10-3-4-10/h7-10,12,15H,3-6H2,1-2H3. The van der Waals surface area contributed by atoms with Crippen molar-refractivity contribution < 1.29 is 5.11 Å². The Morgan fingerprint density at radius 3 is 2.80 bits per heavy atom. The Bertz CT molecular complexity index is 315. The van der Waals surface area contributed by atoms with Crippen LogP contribution >= 0.6 is 0 Å². The molecule has 1 aliphatic rings. The Morgan fingerprint density at radius 1 is 1.53 bits per heavy atom. The van der Waals surface area contributed by atoms with E-state index >= 15 is 0 Å². The van der Waals surface area contributed by atoms with Gasteiger partial charge in [-0.05, 0) is 51.5 Å². The lowest BCUT2D eigenvalue weighted by atomic mass is 10.1. The third-order valence-corrected chi connectivity index (χ3v) is 3.06. The van der Waals surface area contributed by atoms with Crippen molar-refractivity contribution in [3.63, 3.8) is 0 Å². The molecule has 0 amide bonds. The fourth-order valence-corrected chi connectivity index (χ4v) is 1.81. The van der Waals surface area contributed by atoms with Crippen LogP contribution in [0.2, 0.25) is 0 Å². The Morgan fingerprint density at radius 2 is 2.27 bits per heavy atom. The van der Waals surface area contributed by atoms with Crippen molar-refractivity contribution in [2.45, 2.75) is 51.7 Å². The Balaban J connectivity index is 1.82. The second-order valence-electron chi connectivity index (χ2n) is 4.82. The minimum absolute atomic E-state index is 0.103. The summed E-state index contributed by atoms with van der Waals surface area (Å²) in [6.07, 6.45) is 6.10. The van der Waals surface area contributed by atoms with Crippen LogP contribution in [0.1, 0.15) is 44.8 Å². The molecule has 1 N–H and O–H groups in total. The Kier molecular flexibility index (Phi) is 3.10. The van der Waals surface area contributed by atoms with Gasteiger partial charge in [0.25, 0.3) is 0 Å². The van der Waals surface area contributed by atoms with E-state index in [1.165, 1.54) is 12.8 Å². The first kappa shape index (κ1) is 10.7. The second-order valence-corrected chi connectivity index (χ2v) is 4.82. The molecule has 1 atom stereocenters. The highest BCUT2D eigenvalue weighted by Gasteiger charge is 2.29. The zero-order chi connectivity index (χ0) is 10.8. The predicted octanol–water partition coefficient (Wildman–Crippen LogP) is 2.17. The smallest absolute Gasteiger partial charge is 0.0625 e. The van der Waals surface area contributed by atoms with E-state index in [0.717, 1.165) is 18.5 Å². The molecule has 0 radical (unpaired) electrons. The quantitative estimate of drug-likeness (QED) is 0.805. The van der Waals surface area contributed by atoms with Crippen LogP contribution in [0.3, 0.4) is 0 Å². The minimum atomic E-state index is -0.103. The van der Waals surface area contributed by atoms with Gasteiger partial charge in [0.2, 0.25) is 0 Å². The number of aryl methyl sites for hydroxylation is 1. The van der Waals surface area contributed by atoms with Gasteiger partial charge >= 0.3 is 0 Å². The number of aliphatic hydroxyl groups excluding tert-OH is 1. The number of hydrogen-bond acceptors (Lipinski definition) is 2. The van der Waals surface area contributed by atoms with E-state index in [4.69, 9.17) is 0 Å². The molecule has 0 spiro atoms. The van der Waals surface area contributed by atoms with Crippen molar-refractivity contribution in [2.24, 2.45) is 5.92 Å². The second kappa shape index (κ2) is 4.35. The third-order valence-electron chi connectivity index (χ3n) is 3.06. The van der Waals surface area contributed by atoms with E-state index < -0.39 is 0 Å². The first-order chi connectivity index (χ1) is 7.16. The van der Waals surface area contributed by atoms with E-state index in [2.05, 4.69) is 25.0 Å². The van der Waals surface area contributed by atoms with E-state index in [1.807, 2.05) is 10.9 Å². The average Bonchev–Trinajstić information content (AvgIpc) is 2.93. The summed E-state index contributed by atoms with van der Waals surface area (Å²) in [7, 11) is 0. The van der Waals surface area contributed by atoms with Crippen LogP contribution in [0.4, 0.5) is 0 Å². The molecule has 0 saturated heterocycles. The molecule has 1 heterocycles. The van der Waals surface area contributed by atoms with Crippen molar-refractivity contribution in [2.75, 3.05) is 0 Å². The number of aliphatic hydroxyl groups is 1. The zero-order valence-corrected chi connectivity index (χ0v) is 9.56. The molecule has 1 aromatic rings. The van der Waals surface area contributed by atoms with Gasteiger partial charge in [0.05, 0.1) is 11.8 Å². The predicted molar refractivity (Wildman–Crippen MR) is 59.7 cm³/mol. The lowest BCUT2D eigenvalue weighted by Gasteiger charge is -2.07. The van der Waals surface area contributed by atoms with Gasteiger partial charge in [0.1, 0.15) is 0 Å². The number of nitrogens with zero attached hydrogens (tertiary/aromatic N) is 2. The zero-order valence-electron chi connectivity index (χ0n) is 9.56. The summed E-state index contributed by atoms with van der Waals surface area (Å²) in [5, 5.41) is 14.2. The van der Waals surface area contributed by atoms with Crippen molar-refractivity contribution >= 4 is 0 Å². The lowest BCUT2D eigenvalue weighted by Crippen LogP contribution is -2.10. The molecule has 1 unspecified atom stereocenters. The van der Waals surface area contributed by atoms with Crippen LogP contribution in [0.25, 0.3) is 0 Å². The molecule has 0 aromatic carbocycles. The van der Waals surface area contributed by atoms with Crippen molar-refractivity contribution in [3.05, 3.63) is 18.0 Å². The number of rotatable bonds is 5. The molecule has 2 rings (SSSR count). The normalized spacial score (nSPS) is 18.4. The highest BCUT2D eigenvalue weighted by Crippen LogP contribution is 2.34. The summed E-state index contributed by atoms with van der Waals surface area (Å²) in [6.45, 7) is 4.24. The molecular weight excluding hydrogens is 188 g/mol. The van der Waals surface area contributed by atoms with Crippen LogP contribution in [0, 0.1) is 5.92 Å². The van der Waals surface area contributed by atoms with Gasteiger partial charge < -0.3 is 5.11 Å². The highest BCUT2D eigenvalue weighted by molar-refractivity contribution is 5.00. The van der Waals surface area contributed by atoms with Crippen LogP contribution < -0.4 is 0 Å². The van der Waals surface area contributed by atoms with E-state index in [-0.39, 0.29) is 6.10 Å². The topological polar surface area (TPSA) is 38.0 Å². The summed E-state index contributed by atoms with van der Waals surface area (Å²) in [4.78, 5) is 0. The summed E-state index contributed by atoms with van der Waals surface area (Å²) in [6, 6.07) is 2.48. The summed E-state index contributed by atoms with van der Waals surface area (Å²) < 4.78 is 1.97. The van der Waals surface area contributed by atoms with Crippen molar-refractivity contribution in [1.29, 1.82) is 0 Å². The fourth-order valence-electron chi connectivity index (χ4n) is 1.81. The molecule has 15 heavy (non-hydrogen) atoms. The van der Waals surface area contributed by atoms with Crippen molar-refractivity contribution in [3.8, 4) is 0 Å². The first-order valence-corrected chi connectivity index (χ1v) is 5.89. The molecule has 0 aliphatic heterocycles. The SMILES string of the molecule is CC(C)n1ccc(CCC(O)C2CC2)n1. The van der Waals surface area contributed by atoms with Gasteiger partial charge in [0.15, 0.2) is 0 Å². The Labute approximate surface area is 91.1 Å². The van der Waals surface area contributed by atoms with Crippen LogP contribution in [-0.4, -0.2) is 21.0 Å². The minimum Gasteiger partial charge on any atom is -0.393 e. The molecule has 1 aliphatic carbocycles. The van der Waals surface area contributed by atoms with E-state index in [0.29, 0.717) is 12.0 Å². The maximum Gasteiger partial charge on any atom is 0.0625 e. The van der Waals surface area contributed by atoms with E-state index in [1.54, 1.807) is 0 Å². The first-order valence-electron chi connectivity index (χ1n) is 5.89. The number of hydrogen-bond donors (Lipinski definition) is 1. The van der Waals surface area contributed by atoms with Crippen LogP contribution in [-0.2, 0) is 6.42 Å². The summed E-state index contributed by atoms with van der Waals surface area (Å²) in [5.41, 5.74) is 1.10. The van der Waals surface area contributed by atoms with E-state index in [9.17, 15) is 5.11 Å². The van der Waals surface area contributed by atoms with Gasteiger partial charge in [-0.15, -0.1) is 0 Å². The van der Waals surface area contributed by atoms with Crippen LogP contribution in [0.15, 0.2) is 12.3 Å². The summed E-state index contributed by atoms with van der Waals surface area (Å²) in [5.74, 6) is 0.581. The molecule has 3 nitrogen and oxygen atoms in total.